The van der Waals surface area contributed by atoms with Gasteiger partial charge in [0.05, 0.1) is 6.54 Å². The van der Waals surface area contributed by atoms with Crippen LogP contribution in [-0.2, 0) is 11.3 Å². The Morgan fingerprint density at radius 1 is 1.42 bits per heavy atom. The van der Waals surface area contributed by atoms with Gasteiger partial charge in [0.1, 0.15) is 5.60 Å². The van der Waals surface area contributed by atoms with Crippen LogP contribution in [0.4, 0.5) is 4.79 Å². The fraction of sp³-hybridized carbons (Fsp3) is 0.824. The van der Waals surface area contributed by atoms with Crippen molar-refractivity contribution in [2.24, 2.45) is 5.92 Å². The molecule has 1 aliphatic carbocycles. The van der Waals surface area contributed by atoms with Crippen molar-refractivity contribution in [3.63, 3.8) is 0 Å². The maximum Gasteiger partial charge on any atom is 0.407 e. The zero-order valence-corrected chi connectivity index (χ0v) is 15.4. The third kappa shape index (κ3) is 5.19. The summed E-state index contributed by atoms with van der Waals surface area (Å²) >= 11 is 0. The van der Waals surface area contributed by atoms with Gasteiger partial charge in [-0.05, 0) is 46.5 Å². The minimum atomic E-state index is -0.496. The van der Waals surface area contributed by atoms with Crippen LogP contribution in [0.5, 0.6) is 0 Å². The molecule has 0 unspecified atom stereocenters. The van der Waals surface area contributed by atoms with E-state index in [1.807, 2.05) is 20.8 Å². The number of ether oxygens (including phenoxy) is 1. The van der Waals surface area contributed by atoms with E-state index in [9.17, 15) is 4.79 Å². The number of nitrogens with one attached hydrogen (secondary N) is 2. The van der Waals surface area contributed by atoms with Crippen LogP contribution < -0.4 is 10.6 Å². The predicted molar refractivity (Wildman–Crippen MR) is 90.5 cm³/mol. The Balaban J connectivity index is 1.99. The average Bonchev–Trinajstić information content (AvgIpc) is 2.89. The zero-order chi connectivity index (χ0) is 17.8. The van der Waals surface area contributed by atoms with Gasteiger partial charge in [-0.1, -0.05) is 24.9 Å². The number of carbonyl (C=O) groups excluding carboxylic acids is 1. The lowest BCUT2D eigenvalue weighted by atomic mass is 9.73. The molecule has 2 N–H and O–H groups in total. The van der Waals surface area contributed by atoms with E-state index in [0.717, 1.165) is 19.3 Å². The summed E-state index contributed by atoms with van der Waals surface area (Å²) in [5, 5.41) is 10.3. The van der Waals surface area contributed by atoms with Crippen molar-refractivity contribution in [2.45, 2.75) is 78.0 Å². The summed E-state index contributed by atoms with van der Waals surface area (Å²) in [7, 11) is 0. The summed E-state index contributed by atoms with van der Waals surface area (Å²) in [4.78, 5) is 16.3. The van der Waals surface area contributed by atoms with Gasteiger partial charge in [-0.25, -0.2) is 4.79 Å². The average molecular weight is 338 g/mol. The highest BCUT2D eigenvalue weighted by atomic mass is 16.6. The summed E-state index contributed by atoms with van der Waals surface area (Å²) in [6.07, 6.45) is 4.10. The third-order valence-corrected chi connectivity index (χ3v) is 4.56. The van der Waals surface area contributed by atoms with Gasteiger partial charge < -0.3 is 19.9 Å². The molecular formula is C17H30N4O3. The second-order valence-electron chi connectivity index (χ2n) is 7.75. The number of nitrogens with zero attached hydrogens (tertiary/aromatic N) is 2. The molecule has 0 aromatic carbocycles. The van der Waals surface area contributed by atoms with Crippen LogP contribution in [-0.4, -0.2) is 33.9 Å². The molecule has 0 radical (unpaired) electrons. The van der Waals surface area contributed by atoms with Crippen molar-refractivity contribution in [1.82, 2.24) is 20.8 Å². The van der Waals surface area contributed by atoms with E-state index in [-0.39, 0.29) is 11.6 Å². The van der Waals surface area contributed by atoms with Crippen LogP contribution in [0.3, 0.4) is 0 Å². The molecule has 1 aromatic rings. The molecule has 1 saturated carbocycles. The lowest BCUT2D eigenvalue weighted by Gasteiger charge is -2.43. The summed E-state index contributed by atoms with van der Waals surface area (Å²) in [5.41, 5.74) is -0.679. The molecule has 0 aliphatic heterocycles. The van der Waals surface area contributed by atoms with Gasteiger partial charge >= 0.3 is 6.09 Å². The second-order valence-corrected chi connectivity index (χ2v) is 7.75. The number of hydrogen-bond acceptors (Lipinski definition) is 6. The van der Waals surface area contributed by atoms with E-state index in [2.05, 4.69) is 27.7 Å². The molecule has 0 bridgehead atoms. The Bertz CT molecular complexity index is 552. The fourth-order valence-electron chi connectivity index (χ4n) is 3.21. The van der Waals surface area contributed by atoms with Crippen molar-refractivity contribution >= 4 is 6.09 Å². The van der Waals surface area contributed by atoms with Crippen molar-refractivity contribution in [1.29, 1.82) is 0 Å². The Morgan fingerprint density at radius 3 is 2.75 bits per heavy atom. The highest BCUT2D eigenvalue weighted by molar-refractivity contribution is 5.67. The Labute approximate surface area is 143 Å². The van der Waals surface area contributed by atoms with Crippen LogP contribution in [0.15, 0.2) is 4.52 Å². The van der Waals surface area contributed by atoms with Crippen LogP contribution >= 0.6 is 0 Å². The van der Waals surface area contributed by atoms with Crippen molar-refractivity contribution < 1.29 is 14.1 Å². The summed E-state index contributed by atoms with van der Waals surface area (Å²) < 4.78 is 10.5. The summed E-state index contributed by atoms with van der Waals surface area (Å²) in [6, 6.07) is 0. The number of amides is 1. The minimum absolute atomic E-state index is 0.183. The first-order chi connectivity index (χ1) is 11.2. The fourth-order valence-corrected chi connectivity index (χ4v) is 3.21. The number of aromatic nitrogens is 2. The Kier molecular flexibility index (Phi) is 5.85. The van der Waals surface area contributed by atoms with Crippen molar-refractivity contribution in [2.75, 3.05) is 6.54 Å². The van der Waals surface area contributed by atoms with E-state index in [4.69, 9.17) is 9.26 Å². The van der Waals surface area contributed by atoms with Gasteiger partial charge in [0.15, 0.2) is 5.82 Å². The molecule has 1 fully saturated rings. The molecular weight excluding hydrogens is 308 g/mol. The number of carbonyl (C=O) groups is 1. The van der Waals surface area contributed by atoms with Crippen LogP contribution in [0.2, 0.25) is 0 Å². The highest BCUT2D eigenvalue weighted by Gasteiger charge is 2.38. The molecule has 7 nitrogen and oxygen atoms in total. The van der Waals surface area contributed by atoms with Gasteiger partial charge in [-0.15, -0.1) is 0 Å². The summed E-state index contributed by atoms with van der Waals surface area (Å²) in [6.45, 7) is 10.6. The standard InChI is InChI=1S/C17H30N4O3/c1-12-8-6-7-9-17(12,11-18-15(22)23-16(3,4)5)19-10-14-20-13(2)21-24-14/h12,19H,6-11H2,1-5H3,(H,18,22)/t12-,17+/m0/s1. The summed E-state index contributed by atoms with van der Waals surface area (Å²) in [5.74, 6) is 1.64. The molecule has 2 rings (SSSR count). The zero-order valence-electron chi connectivity index (χ0n) is 15.4. The number of hydrogen-bond donors (Lipinski definition) is 2. The van der Waals surface area contributed by atoms with Crippen molar-refractivity contribution in [3.05, 3.63) is 11.7 Å². The molecule has 1 aliphatic rings. The van der Waals surface area contributed by atoms with Gasteiger partial charge in [0, 0.05) is 12.1 Å². The number of aryl methyl sites for hydroxylation is 1. The first-order valence-electron chi connectivity index (χ1n) is 8.71. The third-order valence-electron chi connectivity index (χ3n) is 4.56. The normalized spacial score (nSPS) is 24.6. The van der Waals surface area contributed by atoms with E-state index >= 15 is 0 Å². The predicted octanol–water partition coefficient (Wildman–Crippen LogP) is 2.94. The largest absolute Gasteiger partial charge is 0.444 e. The van der Waals surface area contributed by atoms with Crippen LogP contribution in [0.1, 0.15) is 65.1 Å². The first-order valence-corrected chi connectivity index (χ1v) is 8.71. The molecule has 0 spiro atoms. The smallest absolute Gasteiger partial charge is 0.407 e. The van der Waals surface area contributed by atoms with Gasteiger partial charge in [0.25, 0.3) is 0 Å². The van der Waals surface area contributed by atoms with Crippen LogP contribution in [0, 0.1) is 12.8 Å². The molecule has 7 heteroatoms. The lowest BCUT2D eigenvalue weighted by Crippen LogP contribution is -2.59. The molecule has 24 heavy (non-hydrogen) atoms. The minimum Gasteiger partial charge on any atom is -0.444 e. The SMILES string of the molecule is Cc1noc(CN[C@@]2(CNC(=O)OC(C)(C)C)CCCC[C@@H]2C)n1. The molecule has 136 valence electrons. The second kappa shape index (κ2) is 7.51. The molecule has 1 heterocycles. The number of alkyl carbamates (subject to hydrolysis) is 1. The molecule has 0 saturated heterocycles. The first kappa shape index (κ1) is 18.7. The monoisotopic (exact) mass is 338 g/mol. The van der Waals surface area contributed by atoms with E-state index in [0.29, 0.717) is 30.7 Å². The van der Waals surface area contributed by atoms with Gasteiger partial charge in [-0.2, -0.15) is 4.98 Å². The van der Waals surface area contributed by atoms with Gasteiger partial charge in [0.2, 0.25) is 5.89 Å². The highest BCUT2D eigenvalue weighted by Crippen LogP contribution is 2.33. The van der Waals surface area contributed by atoms with Crippen molar-refractivity contribution in [3.8, 4) is 0 Å². The molecule has 2 atom stereocenters. The lowest BCUT2D eigenvalue weighted by molar-refractivity contribution is 0.0478. The van der Waals surface area contributed by atoms with E-state index in [1.54, 1.807) is 6.92 Å². The molecule has 1 amide bonds. The van der Waals surface area contributed by atoms with E-state index < -0.39 is 5.60 Å². The maximum atomic E-state index is 12.0. The Hall–Kier alpha value is -1.63. The Morgan fingerprint density at radius 2 is 2.17 bits per heavy atom. The quantitative estimate of drug-likeness (QED) is 0.858. The molecule has 1 aromatic heterocycles. The van der Waals surface area contributed by atoms with Crippen LogP contribution in [0.25, 0.3) is 0 Å². The maximum absolute atomic E-state index is 12.0. The number of rotatable bonds is 5. The topological polar surface area (TPSA) is 89.3 Å². The van der Waals surface area contributed by atoms with E-state index in [1.165, 1.54) is 6.42 Å². The van der Waals surface area contributed by atoms with Gasteiger partial charge in [-0.3, -0.25) is 0 Å².